The standard InChI is InChI=1S/C19H22N2O4S/c1-14(18-8-5-13-25-18)20-19(22)15-9-11-16(12-10-15)21-26(23,24)17-6-3-2-4-7-17/h2-4,6-7,9-12,14,18,21H,5,8,13H2,1H3,(H,20,22). The summed E-state index contributed by atoms with van der Waals surface area (Å²) in [5.41, 5.74) is 0.870. The van der Waals surface area contributed by atoms with Gasteiger partial charge >= 0.3 is 0 Å². The van der Waals surface area contributed by atoms with Crippen molar-refractivity contribution in [3.63, 3.8) is 0 Å². The van der Waals surface area contributed by atoms with E-state index in [1.54, 1.807) is 42.5 Å². The van der Waals surface area contributed by atoms with Crippen LogP contribution in [0.15, 0.2) is 59.5 Å². The lowest BCUT2D eigenvalue weighted by molar-refractivity contribution is 0.0712. The largest absolute Gasteiger partial charge is 0.376 e. The summed E-state index contributed by atoms with van der Waals surface area (Å²) in [5, 5.41) is 2.93. The van der Waals surface area contributed by atoms with Crippen LogP contribution in [0.4, 0.5) is 5.69 Å². The van der Waals surface area contributed by atoms with Crippen LogP contribution >= 0.6 is 0 Å². The number of ether oxygens (including phenoxy) is 1. The lowest BCUT2D eigenvalue weighted by atomic mass is 10.1. The van der Waals surface area contributed by atoms with Crippen molar-refractivity contribution in [2.24, 2.45) is 0 Å². The molecule has 2 atom stereocenters. The van der Waals surface area contributed by atoms with E-state index in [2.05, 4.69) is 10.0 Å². The normalized spacial score (nSPS) is 18.3. The number of amides is 1. The summed E-state index contributed by atoms with van der Waals surface area (Å²) in [4.78, 5) is 12.5. The van der Waals surface area contributed by atoms with Gasteiger partial charge in [0.15, 0.2) is 0 Å². The molecule has 1 amide bonds. The summed E-state index contributed by atoms with van der Waals surface area (Å²) < 4.78 is 32.7. The predicted octanol–water partition coefficient (Wildman–Crippen LogP) is 2.78. The molecule has 0 aromatic heterocycles. The summed E-state index contributed by atoms with van der Waals surface area (Å²) in [5.74, 6) is -0.203. The number of rotatable bonds is 6. The maximum Gasteiger partial charge on any atom is 0.261 e. The van der Waals surface area contributed by atoms with E-state index in [1.807, 2.05) is 6.92 Å². The average molecular weight is 374 g/mol. The summed E-state index contributed by atoms with van der Waals surface area (Å²) in [7, 11) is -3.64. The molecule has 0 bridgehead atoms. The van der Waals surface area contributed by atoms with E-state index in [0.717, 1.165) is 19.4 Å². The first-order valence-electron chi connectivity index (χ1n) is 8.56. The Hall–Kier alpha value is -2.38. The second-order valence-corrected chi connectivity index (χ2v) is 7.99. The van der Waals surface area contributed by atoms with Gasteiger partial charge in [-0.1, -0.05) is 18.2 Å². The molecule has 6 nitrogen and oxygen atoms in total. The predicted molar refractivity (Wildman–Crippen MR) is 99.6 cm³/mol. The van der Waals surface area contributed by atoms with Crippen LogP contribution in [0.5, 0.6) is 0 Å². The highest BCUT2D eigenvalue weighted by Crippen LogP contribution is 2.18. The van der Waals surface area contributed by atoms with Gasteiger partial charge in [0.1, 0.15) is 0 Å². The molecule has 26 heavy (non-hydrogen) atoms. The van der Waals surface area contributed by atoms with Crippen LogP contribution in [0.2, 0.25) is 0 Å². The Balaban J connectivity index is 1.63. The molecule has 0 saturated carbocycles. The lowest BCUT2D eigenvalue weighted by Gasteiger charge is -2.20. The van der Waals surface area contributed by atoms with E-state index in [9.17, 15) is 13.2 Å². The zero-order chi connectivity index (χ0) is 18.6. The minimum Gasteiger partial charge on any atom is -0.376 e. The van der Waals surface area contributed by atoms with Crippen molar-refractivity contribution in [3.05, 3.63) is 60.2 Å². The Morgan fingerprint density at radius 1 is 1.12 bits per heavy atom. The van der Waals surface area contributed by atoms with Crippen LogP contribution in [0.25, 0.3) is 0 Å². The van der Waals surface area contributed by atoms with Crippen molar-refractivity contribution in [1.82, 2.24) is 5.32 Å². The molecule has 2 N–H and O–H groups in total. The van der Waals surface area contributed by atoms with E-state index >= 15 is 0 Å². The molecule has 0 spiro atoms. The molecule has 1 fully saturated rings. The van der Waals surface area contributed by atoms with E-state index in [4.69, 9.17) is 4.74 Å². The molecule has 3 rings (SSSR count). The van der Waals surface area contributed by atoms with Crippen molar-refractivity contribution in [2.45, 2.75) is 36.8 Å². The first-order valence-corrected chi connectivity index (χ1v) is 10.0. The molecular formula is C19H22N2O4S. The Morgan fingerprint density at radius 2 is 1.81 bits per heavy atom. The number of anilines is 1. The number of hydrogen-bond acceptors (Lipinski definition) is 4. The summed E-state index contributed by atoms with van der Waals surface area (Å²) in [6, 6.07) is 14.4. The Morgan fingerprint density at radius 3 is 2.42 bits per heavy atom. The molecule has 2 unspecified atom stereocenters. The number of carbonyl (C=O) groups excluding carboxylic acids is 1. The maximum atomic E-state index is 12.3. The molecule has 0 aliphatic carbocycles. The number of benzene rings is 2. The van der Waals surface area contributed by atoms with Crippen LogP contribution in [0, 0.1) is 0 Å². The third kappa shape index (κ3) is 4.42. The second-order valence-electron chi connectivity index (χ2n) is 6.31. The monoisotopic (exact) mass is 374 g/mol. The molecule has 1 aliphatic rings. The van der Waals surface area contributed by atoms with E-state index in [-0.39, 0.29) is 22.9 Å². The zero-order valence-electron chi connectivity index (χ0n) is 14.5. The Labute approximate surface area is 153 Å². The van der Waals surface area contributed by atoms with Gasteiger partial charge in [-0.05, 0) is 56.2 Å². The van der Waals surface area contributed by atoms with Crippen molar-refractivity contribution >= 4 is 21.6 Å². The smallest absolute Gasteiger partial charge is 0.261 e. The first-order chi connectivity index (χ1) is 12.5. The van der Waals surface area contributed by atoms with Crippen molar-refractivity contribution in [3.8, 4) is 0 Å². The molecule has 7 heteroatoms. The zero-order valence-corrected chi connectivity index (χ0v) is 15.3. The Bertz CT molecular complexity index is 845. The van der Waals surface area contributed by atoms with Gasteiger partial charge in [-0.2, -0.15) is 0 Å². The molecule has 1 saturated heterocycles. The minimum absolute atomic E-state index is 0.0518. The molecule has 2 aromatic rings. The molecular weight excluding hydrogens is 352 g/mol. The number of sulfonamides is 1. The van der Waals surface area contributed by atoms with E-state index < -0.39 is 10.0 Å². The van der Waals surface area contributed by atoms with Gasteiger partial charge in [-0.3, -0.25) is 9.52 Å². The van der Waals surface area contributed by atoms with Crippen LogP contribution < -0.4 is 10.0 Å². The summed E-state index contributed by atoms with van der Waals surface area (Å²) in [6.07, 6.45) is 2.01. The molecule has 2 aromatic carbocycles. The lowest BCUT2D eigenvalue weighted by Crippen LogP contribution is -2.40. The first kappa shape index (κ1) is 18.4. The highest BCUT2D eigenvalue weighted by molar-refractivity contribution is 7.92. The van der Waals surface area contributed by atoms with Gasteiger partial charge < -0.3 is 10.1 Å². The minimum atomic E-state index is -3.64. The maximum absolute atomic E-state index is 12.3. The molecule has 138 valence electrons. The van der Waals surface area contributed by atoms with Crippen molar-refractivity contribution in [1.29, 1.82) is 0 Å². The van der Waals surface area contributed by atoms with Gasteiger partial charge in [0.2, 0.25) is 0 Å². The third-order valence-electron chi connectivity index (χ3n) is 4.33. The number of carbonyl (C=O) groups is 1. The van der Waals surface area contributed by atoms with Gasteiger partial charge in [0.25, 0.3) is 15.9 Å². The van der Waals surface area contributed by atoms with Crippen LogP contribution in [0.3, 0.4) is 0 Å². The number of hydrogen-bond donors (Lipinski definition) is 2. The van der Waals surface area contributed by atoms with Gasteiger partial charge in [0.05, 0.1) is 17.0 Å². The quantitative estimate of drug-likeness (QED) is 0.814. The van der Waals surface area contributed by atoms with E-state index in [1.165, 1.54) is 12.1 Å². The van der Waals surface area contributed by atoms with Gasteiger partial charge in [0, 0.05) is 17.9 Å². The highest BCUT2D eigenvalue weighted by atomic mass is 32.2. The third-order valence-corrected chi connectivity index (χ3v) is 5.73. The highest BCUT2D eigenvalue weighted by Gasteiger charge is 2.24. The van der Waals surface area contributed by atoms with Crippen molar-refractivity contribution in [2.75, 3.05) is 11.3 Å². The molecule has 1 heterocycles. The van der Waals surface area contributed by atoms with Crippen molar-refractivity contribution < 1.29 is 17.9 Å². The van der Waals surface area contributed by atoms with E-state index in [0.29, 0.717) is 11.3 Å². The van der Waals surface area contributed by atoms with Crippen LogP contribution in [0.1, 0.15) is 30.1 Å². The van der Waals surface area contributed by atoms with Crippen LogP contribution in [-0.4, -0.2) is 33.1 Å². The van der Waals surface area contributed by atoms with Gasteiger partial charge in [-0.15, -0.1) is 0 Å². The fraction of sp³-hybridized carbons (Fsp3) is 0.316. The number of nitrogens with one attached hydrogen (secondary N) is 2. The molecule has 1 aliphatic heterocycles. The Kier molecular flexibility index (Phi) is 5.58. The molecule has 0 radical (unpaired) electrons. The fourth-order valence-corrected chi connectivity index (χ4v) is 3.96. The fourth-order valence-electron chi connectivity index (χ4n) is 2.88. The average Bonchev–Trinajstić information content (AvgIpc) is 3.17. The summed E-state index contributed by atoms with van der Waals surface area (Å²) >= 11 is 0. The SMILES string of the molecule is CC(NC(=O)c1ccc(NS(=O)(=O)c2ccccc2)cc1)C1CCCO1. The van der Waals surface area contributed by atoms with Gasteiger partial charge in [-0.25, -0.2) is 8.42 Å². The second kappa shape index (κ2) is 7.88. The summed E-state index contributed by atoms with van der Waals surface area (Å²) in [6.45, 7) is 2.66. The van der Waals surface area contributed by atoms with Crippen LogP contribution in [-0.2, 0) is 14.8 Å². The topological polar surface area (TPSA) is 84.5 Å².